The molecule has 2 aliphatic heterocycles. The van der Waals surface area contributed by atoms with Crippen LogP contribution in [0.1, 0.15) is 12.8 Å². The van der Waals surface area contributed by atoms with Crippen LogP contribution in [0.3, 0.4) is 0 Å². The fourth-order valence-electron chi connectivity index (χ4n) is 3.91. The second-order valence-corrected chi connectivity index (χ2v) is 8.12. The Kier molecular flexibility index (Phi) is 8.11. The molecule has 2 aromatic carbocycles. The number of hydrogen-bond acceptors (Lipinski definition) is 7. The number of piperidine rings is 1. The quantitative estimate of drug-likeness (QED) is 0.509. The maximum Gasteiger partial charge on any atom is 0.231 e. The van der Waals surface area contributed by atoms with Gasteiger partial charge >= 0.3 is 0 Å². The molecule has 10 heteroatoms. The van der Waals surface area contributed by atoms with Gasteiger partial charge in [-0.05, 0) is 63.2 Å². The zero-order valence-electron chi connectivity index (χ0n) is 17.5. The van der Waals surface area contributed by atoms with Crippen molar-refractivity contribution in [3.8, 4) is 17.2 Å². The molecule has 0 bridgehead atoms. The summed E-state index contributed by atoms with van der Waals surface area (Å²) in [7, 11) is 2.16. The maximum atomic E-state index is 6.45. The molecular formula is C22H25Cl3N4O3. The van der Waals surface area contributed by atoms with Crippen LogP contribution in [0, 0.1) is 5.92 Å². The third kappa shape index (κ3) is 4.91. The lowest BCUT2D eigenvalue weighted by Gasteiger charge is -2.28. The van der Waals surface area contributed by atoms with Gasteiger partial charge in [-0.25, -0.2) is 9.97 Å². The lowest BCUT2D eigenvalue weighted by molar-refractivity contribution is 0.161. The lowest BCUT2D eigenvalue weighted by Crippen LogP contribution is -2.32. The minimum absolute atomic E-state index is 0. The maximum absolute atomic E-state index is 6.45. The van der Waals surface area contributed by atoms with Gasteiger partial charge in [-0.2, -0.15) is 0 Å². The molecule has 3 aromatic rings. The number of fused-ring (bicyclic) bond motifs is 2. The van der Waals surface area contributed by atoms with Gasteiger partial charge in [0.05, 0.1) is 22.5 Å². The Morgan fingerprint density at radius 1 is 1.12 bits per heavy atom. The summed E-state index contributed by atoms with van der Waals surface area (Å²) in [4.78, 5) is 11.2. The predicted molar refractivity (Wildman–Crippen MR) is 131 cm³/mol. The smallest absolute Gasteiger partial charge is 0.231 e. The van der Waals surface area contributed by atoms with Gasteiger partial charge in [0.25, 0.3) is 0 Å². The van der Waals surface area contributed by atoms with Crippen LogP contribution < -0.4 is 19.5 Å². The van der Waals surface area contributed by atoms with Gasteiger partial charge in [0.1, 0.15) is 23.6 Å². The van der Waals surface area contributed by atoms with Crippen LogP contribution >= 0.6 is 36.4 Å². The topological polar surface area (TPSA) is 68.7 Å². The average molecular weight is 500 g/mol. The summed E-state index contributed by atoms with van der Waals surface area (Å²) in [5, 5.41) is 4.67. The molecule has 1 saturated heterocycles. The molecule has 1 N–H and O–H groups in total. The van der Waals surface area contributed by atoms with E-state index in [-0.39, 0.29) is 31.6 Å². The third-order valence-electron chi connectivity index (χ3n) is 5.67. The standard InChI is InChI=1S/C22H23ClN4O3.2ClH/c1-27-9-7-14(8-10-27)11-28-17-4-2-3-16-19(17)22(25-12-24-16)26-20-15(23)5-6-18-21(20)30-13-29-18;;/h2-6,12,14H,7-11,13H2,1H3,(H,24,25,26);2*1H. The van der Waals surface area contributed by atoms with Crippen molar-refractivity contribution < 1.29 is 14.2 Å². The van der Waals surface area contributed by atoms with Crippen molar-refractivity contribution in [2.75, 3.05) is 38.9 Å². The van der Waals surface area contributed by atoms with Crippen molar-refractivity contribution in [1.29, 1.82) is 0 Å². The zero-order chi connectivity index (χ0) is 20.5. The summed E-state index contributed by atoms with van der Waals surface area (Å²) < 4.78 is 17.4. The Hall–Kier alpha value is -2.19. The van der Waals surface area contributed by atoms with Gasteiger partial charge in [0.15, 0.2) is 11.5 Å². The molecule has 0 spiro atoms. The van der Waals surface area contributed by atoms with Crippen molar-refractivity contribution in [1.82, 2.24) is 14.9 Å². The molecule has 5 rings (SSSR count). The number of ether oxygens (including phenoxy) is 3. The van der Waals surface area contributed by atoms with E-state index in [1.807, 2.05) is 18.2 Å². The molecule has 1 aromatic heterocycles. The van der Waals surface area contributed by atoms with E-state index in [9.17, 15) is 0 Å². The Balaban J connectivity index is 0.00000144. The summed E-state index contributed by atoms with van der Waals surface area (Å²) in [6.45, 7) is 3.07. The van der Waals surface area contributed by atoms with E-state index >= 15 is 0 Å². The number of hydrogen-bond donors (Lipinski definition) is 1. The highest BCUT2D eigenvalue weighted by Crippen LogP contribution is 2.45. The Morgan fingerprint density at radius 2 is 1.94 bits per heavy atom. The van der Waals surface area contributed by atoms with Gasteiger partial charge in [0.2, 0.25) is 6.79 Å². The third-order valence-corrected chi connectivity index (χ3v) is 5.98. The number of anilines is 2. The van der Waals surface area contributed by atoms with Gasteiger partial charge in [-0.3, -0.25) is 0 Å². The Bertz CT molecular complexity index is 1070. The molecular weight excluding hydrogens is 475 g/mol. The lowest BCUT2D eigenvalue weighted by atomic mass is 9.98. The SMILES string of the molecule is CN1CCC(COc2cccc3ncnc(Nc4c(Cl)ccc5c4OCO5)c23)CC1.Cl.Cl. The highest BCUT2D eigenvalue weighted by Gasteiger charge is 2.23. The molecule has 32 heavy (non-hydrogen) atoms. The summed E-state index contributed by atoms with van der Waals surface area (Å²) in [6.07, 6.45) is 3.82. The normalized spacial score (nSPS) is 15.7. The number of halogens is 3. The molecule has 0 radical (unpaired) electrons. The van der Waals surface area contributed by atoms with E-state index < -0.39 is 0 Å². The van der Waals surface area contributed by atoms with Crippen LogP contribution in [0.25, 0.3) is 10.9 Å². The van der Waals surface area contributed by atoms with Gasteiger partial charge in [-0.15, -0.1) is 24.8 Å². The minimum Gasteiger partial charge on any atom is -0.492 e. The van der Waals surface area contributed by atoms with Crippen molar-refractivity contribution >= 4 is 58.8 Å². The van der Waals surface area contributed by atoms with E-state index in [1.54, 1.807) is 12.1 Å². The van der Waals surface area contributed by atoms with Crippen LogP contribution in [0.2, 0.25) is 5.02 Å². The fourth-order valence-corrected chi connectivity index (χ4v) is 4.11. The second-order valence-electron chi connectivity index (χ2n) is 7.71. The van der Waals surface area contributed by atoms with Gasteiger partial charge in [0, 0.05) is 0 Å². The first kappa shape index (κ1) is 24.5. The van der Waals surface area contributed by atoms with Crippen molar-refractivity contribution in [2.45, 2.75) is 12.8 Å². The molecule has 0 unspecified atom stereocenters. The number of rotatable bonds is 5. The fraction of sp³-hybridized carbons (Fsp3) is 0.364. The number of benzene rings is 2. The zero-order valence-corrected chi connectivity index (χ0v) is 19.9. The molecule has 1 fully saturated rings. The molecule has 172 valence electrons. The molecule has 0 amide bonds. The van der Waals surface area contributed by atoms with E-state index in [0.29, 0.717) is 40.6 Å². The molecule has 7 nitrogen and oxygen atoms in total. The molecule has 3 heterocycles. The number of aromatic nitrogens is 2. The van der Waals surface area contributed by atoms with E-state index in [0.717, 1.165) is 42.6 Å². The average Bonchev–Trinajstić information content (AvgIpc) is 3.24. The van der Waals surface area contributed by atoms with E-state index in [1.165, 1.54) is 6.33 Å². The van der Waals surface area contributed by atoms with Gasteiger partial charge < -0.3 is 24.4 Å². The predicted octanol–water partition coefficient (Wildman–Crippen LogP) is 5.32. The number of likely N-dealkylation sites (tertiary alicyclic amines) is 1. The minimum atomic E-state index is 0. The molecule has 0 atom stereocenters. The highest BCUT2D eigenvalue weighted by molar-refractivity contribution is 6.34. The van der Waals surface area contributed by atoms with Crippen molar-refractivity contribution in [3.05, 3.63) is 41.7 Å². The van der Waals surface area contributed by atoms with Crippen molar-refractivity contribution in [2.24, 2.45) is 5.92 Å². The first-order valence-corrected chi connectivity index (χ1v) is 10.5. The summed E-state index contributed by atoms with van der Waals surface area (Å²) in [5.74, 6) is 3.16. The van der Waals surface area contributed by atoms with Crippen LogP contribution in [-0.4, -0.2) is 48.4 Å². The van der Waals surface area contributed by atoms with Crippen LogP contribution in [0.4, 0.5) is 11.5 Å². The van der Waals surface area contributed by atoms with Crippen LogP contribution in [0.5, 0.6) is 17.2 Å². The van der Waals surface area contributed by atoms with Crippen LogP contribution in [0.15, 0.2) is 36.7 Å². The summed E-state index contributed by atoms with van der Waals surface area (Å²) >= 11 is 6.45. The molecule has 0 aliphatic carbocycles. The Morgan fingerprint density at radius 3 is 2.75 bits per heavy atom. The van der Waals surface area contributed by atoms with Crippen LogP contribution in [-0.2, 0) is 0 Å². The summed E-state index contributed by atoms with van der Waals surface area (Å²) in [6, 6.07) is 9.43. The molecule has 0 saturated carbocycles. The highest BCUT2D eigenvalue weighted by atomic mass is 35.5. The van der Waals surface area contributed by atoms with E-state index in [2.05, 4.69) is 27.2 Å². The Labute approximate surface area is 204 Å². The summed E-state index contributed by atoms with van der Waals surface area (Å²) in [5.41, 5.74) is 1.42. The monoisotopic (exact) mass is 498 g/mol. The van der Waals surface area contributed by atoms with Gasteiger partial charge in [-0.1, -0.05) is 17.7 Å². The first-order valence-electron chi connectivity index (χ1n) is 10.1. The number of nitrogens with zero attached hydrogens (tertiary/aromatic N) is 3. The number of nitrogens with one attached hydrogen (secondary N) is 1. The molecule has 2 aliphatic rings. The second kappa shape index (κ2) is 10.6. The van der Waals surface area contributed by atoms with E-state index in [4.69, 9.17) is 25.8 Å². The largest absolute Gasteiger partial charge is 0.492 e. The first-order chi connectivity index (χ1) is 14.7. The van der Waals surface area contributed by atoms with Crippen molar-refractivity contribution in [3.63, 3.8) is 0 Å².